The van der Waals surface area contributed by atoms with Crippen LogP contribution >= 0.6 is 0 Å². The molecule has 0 bridgehead atoms. The molecule has 27 heavy (non-hydrogen) atoms. The predicted molar refractivity (Wildman–Crippen MR) is 113 cm³/mol. The molecule has 3 nitrogen and oxygen atoms in total. The van der Waals surface area contributed by atoms with E-state index >= 15 is 0 Å². The molecule has 3 rings (SSSR count). The van der Waals surface area contributed by atoms with Crippen molar-refractivity contribution in [2.75, 3.05) is 20.6 Å². The number of fused-ring (bicyclic) bond motifs is 1. The summed E-state index contributed by atoms with van der Waals surface area (Å²) in [7, 11) is 4.29. The second kappa shape index (κ2) is 10.2. The maximum Gasteiger partial charge on any atom is 0.0723 e. The number of aliphatic hydroxyl groups is 2. The summed E-state index contributed by atoms with van der Waals surface area (Å²) in [6.07, 6.45) is 19.4. The van der Waals surface area contributed by atoms with Crippen LogP contribution in [0.3, 0.4) is 0 Å². The van der Waals surface area contributed by atoms with Crippen molar-refractivity contribution in [3.8, 4) is 0 Å². The number of aliphatic hydroxyl groups excluding tert-OH is 2. The molecule has 0 aromatic heterocycles. The van der Waals surface area contributed by atoms with Crippen LogP contribution in [0, 0.1) is 23.7 Å². The summed E-state index contributed by atoms with van der Waals surface area (Å²) in [5, 5.41) is 20.9. The Morgan fingerprint density at radius 1 is 1.19 bits per heavy atom. The minimum Gasteiger partial charge on any atom is -0.392 e. The number of nitrogens with zero attached hydrogens (tertiary/aromatic N) is 1. The van der Waals surface area contributed by atoms with Gasteiger partial charge in [-0.05, 0) is 76.9 Å². The van der Waals surface area contributed by atoms with Gasteiger partial charge in [-0.1, -0.05) is 55.9 Å². The highest BCUT2D eigenvalue weighted by Crippen LogP contribution is 2.48. The molecule has 3 aliphatic rings. The van der Waals surface area contributed by atoms with Crippen LogP contribution in [0.2, 0.25) is 0 Å². The molecule has 0 saturated heterocycles. The second-order valence-electron chi connectivity index (χ2n) is 9.69. The van der Waals surface area contributed by atoms with E-state index in [-0.39, 0.29) is 18.1 Å². The van der Waals surface area contributed by atoms with Gasteiger partial charge < -0.3 is 15.1 Å². The molecule has 5 atom stereocenters. The monoisotopic (exact) mass is 375 g/mol. The van der Waals surface area contributed by atoms with Gasteiger partial charge in [0, 0.05) is 5.92 Å². The van der Waals surface area contributed by atoms with Gasteiger partial charge in [0.1, 0.15) is 0 Å². The van der Waals surface area contributed by atoms with Crippen LogP contribution in [-0.2, 0) is 0 Å². The van der Waals surface area contributed by atoms with Crippen LogP contribution in [0.4, 0.5) is 0 Å². The van der Waals surface area contributed by atoms with Crippen LogP contribution in [0.25, 0.3) is 0 Å². The zero-order chi connectivity index (χ0) is 19.2. The Balaban J connectivity index is 1.42. The minimum absolute atomic E-state index is 0.229. The summed E-state index contributed by atoms with van der Waals surface area (Å²) < 4.78 is 0. The number of allylic oxidation sites excluding steroid dienone is 2. The van der Waals surface area contributed by atoms with Crippen molar-refractivity contribution in [1.82, 2.24) is 4.90 Å². The van der Waals surface area contributed by atoms with Gasteiger partial charge in [0.05, 0.1) is 12.2 Å². The van der Waals surface area contributed by atoms with Crippen molar-refractivity contribution in [3.05, 3.63) is 23.8 Å². The average Bonchev–Trinajstić information content (AvgIpc) is 3.30. The third-order valence-electron chi connectivity index (χ3n) is 7.16. The van der Waals surface area contributed by atoms with E-state index < -0.39 is 0 Å². The van der Waals surface area contributed by atoms with E-state index in [1.54, 1.807) is 5.57 Å². The molecular weight excluding hydrogens is 334 g/mol. The highest BCUT2D eigenvalue weighted by atomic mass is 16.3. The van der Waals surface area contributed by atoms with Gasteiger partial charge in [0.15, 0.2) is 0 Å². The van der Waals surface area contributed by atoms with E-state index in [0.29, 0.717) is 17.8 Å². The van der Waals surface area contributed by atoms with E-state index in [4.69, 9.17) is 0 Å². The molecule has 2 N–H and O–H groups in total. The Morgan fingerprint density at radius 3 is 2.70 bits per heavy atom. The Kier molecular flexibility index (Phi) is 7.98. The average molecular weight is 376 g/mol. The summed E-state index contributed by atoms with van der Waals surface area (Å²) in [4.78, 5) is 2.26. The molecule has 154 valence electrons. The number of hydrogen-bond acceptors (Lipinski definition) is 3. The SMILES string of the molecule is CN(C)CCCCCC1=C[C@H]2C[C@@H](O)[C@H](C=C[C@H](O)CC3CCCC3)[C@H]2C1. The summed E-state index contributed by atoms with van der Waals surface area (Å²) in [5.41, 5.74) is 1.62. The zero-order valence-corrected chi connectivity index (χ0v) is 17.5. The standard InChI is InChI=1S/C24H41NO2/c1-25(2)13-7-3-4-10-19-14-20-17-24(27)22(23(20)16-19)12-11-21(26)15-18-8-5-6-9-18/h11-12,14,18,20-24,26-27H,3-10,13,15-17H2,1-2H3/t20-,21-,22+,23-,24+/m0/s1. The van der Waals surface area contributed by atoms with E-state index in [1.165, 1.54) is 57.9 Å². The lowest BCUT2D eigenvalue weighted by molar-refractivity contribution is 0.139. The fourth-order valence-corrected chi connectivity index (χ4v) is 5.67. The van der Waals surface area contributed by atoms with Crippen molar-refractivity contribution in [2.45, 2.75) is 82.8 Å². The largest absolute Gasteiger partial charge is 0.392 e. The molecule has 2 saturated carbocycles. The Bertz CT molecular complexity index is 507. The molecule has 0 aromatic carbocycles. The van der Waals surface area contributed by atoms with Gasteiger partial charge >= 0.3 is 0 Å². The van der Waals surface area contributed by atoms with Crippen molar-refractivity contribution in [2.24, 2.45) is 23.7 Å². The lowest BCUT2D eigenvalue weighted by Gasteiger charge is -2.19. The molecule has 2 fully saturated rings. The number of unbranched alkanes of at least 4 members (excludes halogenated alkanes) is 2. The molecule has 0 amide bonds. The van der Waals surface area contributed by atoms with Crippen molar-refractivity contribution in [1.29, 1.82) is 0 Å². The summed E-state index contributed by atoms with van der Waals surface area (Å²) >= 11 is 0. The van der Waals surface area contributed by atoms with Crippen LogP contribution in [0.15, 0.2) is 23.8 Å². The second-order valence-corrected chi connectivity index (χ2v) is 9.69. The van der Waals surface area contributed by atoms with Gasteiger partial charge in [-0.2, -0.15) is 0 Å². The van der Waals surface area contributed by atoms with Gasteiger partial charge in [0.2, 0.25) is 0 Å². The Hall–Kier alpha value is -0.640. The first kappa shape index (κ1) is 21.1. The van der Waals surface area contributed by atoms with Gasteiger partial charge in [0.25, 0.3) is 0 Å². The summed E-state index contributed by atoms with van der Waals surface area (Å²) in [5.74, 6) is 2.05. The molecule has 0 aromatic rings. The number of hydrogen-bond donors (Lipinski definition) is 2. The predicted octanol–water partition coefficient (Wildman–Crippen LogP) is 4.55. The van der Waals surface area contributed by atoms with Crippen LogP contribution in [-0.4, -0.2) is 48.0 Å². The molecule has 3 aliphatic carbocycles. The molecule has 0 heterocycles. The van der Waals surface area contributed by atoms with Crippen molar-refractivity contribution < 1.29 is 10.2 Å². The fraction of sp³-hybridized carbons (Fsp3) is 0.833. The maximum atomic E-state index is 10.5. The molecule has 0 unspecified atom stereocenters. The van der Waals surface area contributed by atoms with Gasteiger partial charge in [-0.3, -0.25) is 0 Å². The van der Waals surface area contributed by atoms with E-state index in [1.807, 2.05) is 6.08 Å². The van der Waals surface area contributed by atoms with Crippen LogP contribution in [0.5, 0.6) is 0 Å². The van der Waals surface area contributed by atoms with Crippen molar-refractivity contribution in [3.63, 3.8) is 0 Å². The normalized spacial score (nSPS) is 32.6. The van der Waals surface area contributed by atoms with E-state index in [2.05, 4.69) is 31.1 Å². The molecule has 0 aliphatic heterocycles. The van der Waals surface area contributed by atoms with Gasteiger partial charge in [-0.15, -0.1) is 0 Å². The van der Waals surface area contributed by atoms with Crippen LogP contribution < -0.4 is 0 Å². The van der Waals surface area contributed by atoms with Crippen LogP contribution in [0.1, 0.15) is 70.6 Å². The highest BCUT2D eigenvalue weighted by molar-refractivity contribution is 5.21. The molecule has 0 radical (unpaired) electrons. The smallest absolute Gasteiger partial charge is 0.0723 e. The lowest BCUT2D eigenvalue weighted by Crippen LogP contribution is -2.18. The third kappa shape index (κ3) is 6.17. The van der Waals surface area contributed by atoms with Crippen molar-refractivity contribution >= 4 is 0 Å². The Morgan fingerprint density at radius 2 is 1.96 bits per heavy atom. The Labute approximate surface area is 166 Å². The fourth-order valence-electron chi connectivity index (χ4n) is 5.67. The first-order valence-corrected chi connectivity index (χ1v) is 11.4. The third-order valence-corrected chi connectivity index (χ3v) is 7.16. The lowest BCUT2D eigenvalue weighted by atomic mass is 9.88. The summed E-state index contributed by atoms with van der Waals surface area (Å²) in [6.45, 7) is 1.19. The molecule has 0 spiro atoms. The highest BCUT2D eigenvalue weighted by Gasteiger charge is 2.43. The summed E-state index contributed by atoms with van der Waals surface area (Å²) in [6, 6.07) is 0. The first-order valence-electron chi connectivity index (χ1n) is 11.4. The number of rotatable bonds is 10. The minimum atomic E-state index is -0.329. The molecule has 3 heteroatoms. The maximum absolute atomic E-state index is 10.5. The zero-order valence-electron chi connectivity index (χ0n) is 17.5. The van der Waals surface area contributed by atoms with E-state index in [9.17, 15) is 10.2 Å². The van der Waals surface area contributed by atoms with E-state index in [0.717, 1.165) is 19.3 Å². The quantitative estimate of drug-likeness (QED) is 0.435. The topological polar surface area (TPSA) is 43.7 Å². The molecular formula is C24H41NO2. The van der Waals surface area contributed by atoms with Gasteiger partial charge in [-0.25, -0.2) is 0 Å². The first-order chi connectivity index (χ1) is 13.0.